The van der Waals surface area contributed by atoms with E-state index in [2.05, 4.69) is 42.8 Å². The molecule has 4 aromatic rings. The maximum absolute atomic E-state index is 13.4. The van der Waals surface area contributed by atoms with Gasteiger partial charge in [0.2, 0.25) is 0 Å². The second-order valence-electron chi connectivity index (χ2n) is 6.54. The van der Waals surface area contributed by atoms with Gasteiger partial charge >= 0.3 is 0 Å². The van der Waals surface area contributed by atoms with Gasteiger partial charge in [-0.2, -0.15) is 0 Å². The molecule has 0 saturated heterocycles. The van der Waals surface area contributed by atoms with Crippen molar-refractivity contribution in [1.82, 2.24) is 14.8 Å². The Bertz CT molecular complexity index is 1090. The van der Waals surface area contributed by atoms with E-state index in [1.807, 2.05) is 42.5 Å². The average Bonchev–Trinajstić information content (AvgIpc) is 3.16. The van der Waals surface area contributed by atoms with Crippen molar-refractivity contribution in [3.05, 3.63) is 94.7 Å². The number of aromatic nitrogens is 3. The van der Waals surface area contributed by atoms with Crippen molar-refractivity contribution in [1.29, 1.82) is 0 Å². The summed E-state index contributed by atoms with van der Waals surface area (Å²) in [6.07, 6.45) is 0. The smallest absolute Gasteiger partial charge is 0.191 e. The monoisotopic (exact) mass is 483 g/mol. The number of nitrogens with zero attached hydrogens (tertiary/aromatic N) is 3. The number of thioether (sulfide) groups is 1. The molecule has 0 radical (unpaired) electrons. The fourth-order valence-corrected chi connectivity index (χ4v) is 3.96. The molecule has 1 aromatic heterocycles. The zero-order chi connectivity index (χ0) is 20.8. The van der Waals surface area contributed by atoms with Crippen molar-refractivity contribution in [3.63, 3.8) is 0 Å². The minimum Gasteiger partial charge on any atom is -0.493 e. The Morgan fingerprint density at radius 3 is 2.37 bits per heavy atom. The first-order valence-electron chi connectivity index (χ1n) is 9.43. The fraction of sp³-hybridized carbons (Fsp3) is 0.130. The molecule has 0 atom stereocenters. The Labute approximate surface area is 187 Å². The van der Waals surface area contributed by atoms with E-state index in [4.69, 9.17) is 4.74 Å². The number of rotatable bonds is 8. The predicted octanol–water partition coefficient (Wildman–Crippen LogP) is 6.07. The Hall–Kier alpha value is -2.64. The lowest BCUT2D eigenvalue weighted by atomic mass is 10.2. The van der Waals surface area contributed by atoms with E-state index in [1.165, 1.54) is 12.1 Å². The zero-order valence-electron chi connectivity index (χ0n) is 16.0. The molecule has 0 saturated carbocycles. The van der Waals surface area contributed by atoms with Gasteiger partial charge in [-0.1, -0.05) is 58.0 Å². The Kier molecular flexibility index (Phi) is 6.81. The summed E-state index contributed by atoms with van der Waals surface area (Å²) in [4.78, 5) is 0. The number of halogens is 2. The van der Waals surface area contributed by atoms with Crippen LogP contribution in [0.4, 0.5) is 4.39 Å². The van der Waals surface area contributed by atoms with Crippen LogP contribution in [0.1, 0.15) is 5.56 Å². The van der Waals surface area contributed by atoms with Gasteiger partial charge in [0.05, 0.1) is 13.2 Å². The standard InChI is InChI=1S/C23H19BrFN3OS/c24-19-8-12-21(13-9-19)29-14-15-30-23-27-26-22(18-6-10-20(25)11-7-18)28(23)16-17-4-2-1-3-5-17/h1-13H,14-16H2. The van der Waals surface area contributed by atoms with Crippen molar-refractivity contribution in [2.45, 2.75) is 11.7 Å². The summed E-state index contributed by atoms with van der Waals surface area (Å²) in [5.74, 6) is 2.01. The van der Waals surface area contributed by atoms with Crippen LogP contribution in [-0.2, 0) is 6.54 Å². The van der Waals surface area contributed by atoms with Crippen LogP contribution in [0, 0.1) is 5.82 Å². The number of benzene rings is 3. The van der Waals surface area contributed by atoms with Crippen molar-refractivity contribution < 1.29 is 9.13 Å². The van der Waals surface area contributed by atoms with Crippen LogP contribution in [0.3, 0.4) is 0 Å². The van der Waals surface area contributed by atoms with Crippen LogP contribution in [0.25, 0.3) is 11.4 Å². The molecule has 0 unspecified atom stereocenters. The van der Waals surface area contributed by atoms with E-state index in [0.29, 0.717) is 13.2 Å². The maximum atomic E-state index is 13.4. The van der Waals surface area contributed by atoms with Crippen LogP contribution in [-0.4, -0.2) is 27.1 Å². The molecule has 152 valence electrons. The molecule has 0 N–H and O–H groups in total. The highest BCUT2D eigenvalue weighted by atomic mass is 79.9. The van der Waals surface area contributed by atoms with Gasteiger partial charge in [-0.25, -0.2) is 4.39 Å². The normalized spacial score (nSPS) is 10.9. The van der Waals surface area contributed by atoms with Gasteiger partial charge in [0.1, 0.15) is 11.6 Å². The highest BCUT2D eigenvalue weighted by Gasteiger charge is 2.15. The second kappa shape index (κ2) is 9.91. The van der Waals surface area contributed by atoms with E-state index in [-0.39, 0.29) is 5.82 Å². The molecule has 0 aliphatic rings. The Morgan fingerprint density at radius 1 is 0.900 bits per heavy atom. The molecule has 0 amide bonds. The molecule has 4 nitrogen and oxygen atoms in total. The van der Waals surface area contributed by atoms with E-state index >= 15 is 0 Å². The van der Waals surface area contributed by atoms with Gasteiger partial charge in [-0.05, 0) is 54.1 Å². The molecule has 7 heteroatoms. The molecule has 0 spiro atoms. The van der Waals surface area contributed by atoms with Crippen LogP contribution in [0.5, 0.6) is 5.75 Å². The van der Waals surface area contributed by atoms with Crippen LogP contribution in [0.2, 0.25) is 0 Å². The topological polar surface area (TPSA) is 39.9 Å². The number of hydrogen-bond donors (Lipinski definition) is 0. The molecule has 0 aliphatic heterocycles. The lowest BCUT2D eigenvalue weighted by Gasteiger charge is -2.11. The molecule has 4 rings (SSSR count). The molecule has 0 fully saturated rings. The maximum Gasteiger partial charge on any atom is 0.191 e. The zero-order valence-corrected chi connectivity index (χ0v) is 18.4. The van der Waals surface area contributed by atoms with E-state index in [1.54, 1.807) is 23.9 Å². The summed E-state index contributed by atoms with van der Waals surface area (Å²) in [7, 11) is 0. The third kappa shape index (κ3) is 5.29. The molecular weight excluding hydrogens is 465 g/mol. The molecule has 3 aromatic carbocycles. The Balaban J connectivity index is 1.50. The van der Waals surface area contributed by atoms with Crippen LogP contribution < -0.4 is 4.74 Å². The minimum atomic E-state index is -0.271. The molecule has 1 heterocycles. The summed E-state index contributed by atoms with van der Waals surface area (Å²) >= 11 is 5.01. The lowest BCUT2D eigenvalue weighted by molar-refractivity contribution is 0.343. The largest absolute Gasteiger partial charge is 0.493 e. The summed E-state index contributed by atoms with van der Waals surface area (Å²) in [6.45, 7) is 1.19. The third-order valence-corrected chi connectivity index (χ3v) is 5.86. The molecule has 0 aliphatic carbocycles. The second-order valence-corrected chi connectivity index (χ2v) is 8.51. The van der Waals surface area contributed by atoms with Gasteiger partial charge in [0.15, 0.2) is 11.0 Å². The van der Waals surface area contributed by atoms with Crippen molar-refractivity contribution in [2.24, 2.45) is 0 Å². The molecule has 0 bridgehead atoms. The summed E-state index contributed by atoms with van der Waals surface area (Å²) in [5.41, 5.74) is 1.98. The molecule has 30 heavy (non-hydrogen) atoms. The third-order valence-electron chi connectivity index (χ3n) is 4.40. The first kappa shape index (κ1) is 20.6. The average molecular weight is 484 g/mol. The van der Waals surface area contributed by atoms with E-state index < -0.39 is 0 Å². The summed E-state index contributed by atoms with van der Waals surface area (Å²) < 4.78 is 22.2. The van der Waals surface area contributed by atoms with Crippen molar-refractivity contribution >= 4 is 27.7 Å². The van der Waals surface area contributed by atoms with E-state index in [9.17, 15) is 4.39 Å². The Morgan fingerprint density at radius 2 is 1.63 bits per heavy atom. The van der Waals surface area contributed by atoms with Gasteiger partial charge in [-0.3, -0.25) is 4.57 Å². The van der Waals surface area contributed by atoms with Gasteiger partial charge < -0.3 is 4.74 Å². The van der Waals surface area contributed by atoms with Gasteiger partial charge in [0, 0.05) is 15.8 Å². The molecular formula is C23H19BrFN3OS. The van der Waals surface area contributed by atoms with Crippen LogP contribution in [0.15, 0.2) is 88.5 Å². The number of hydrogen-bond acceptors (Lipinski definition) is 4. The number of ether oxygens (including phenoxy) is 1. The van der Waals surface area contributed by atoms with Gasteiger partial charge in [-0.15, -0.1) is 10.2 Å². The quantitative estimate of drug-likeness (QED) is 0.225. The van der Waals surface area contributed by atoms with Gasteiger partial charge in [0.25, 0.3) is 0 Å². The highest BCUT2D eigenvalue weighted by molar-refractivity contribution is 9.10. The van der Waals surface area contributed by atoms with E-state index in [0.717, 1.165) is 38.1 Å². The first-order chi connectivity index (χ1) is 14.7. The minimum absolute atomic E-state index is 0.271. The first-order valence-corrected chi connectivity index (χ1v) is 11.2. The SMILES string of the molecule is Fc1ccc(-c2nnc(SCCOc3ccc(Br)cc3)n2Cc2ccccc2)cc1. The summed E-state index contributed by atoms with van der Waals surface area (Å²) in [5, 5.41) is 9.57. The lowest BCUT2D eigenvalue weighted by Crippen LogP contribution is -2.06. The fourth-order valence-electron chi connectivity index (χ4n) is 2.94. The van der Waals surface area contributed by atoms with Crippen molar-refractivity contribution in [2.75, 3.05) is 12.4 Å². The van der Waals surface area contributed by atoms with Crippen molar-refractivity contribution in [3.8, 4) is 17.1 Å². The summed E-state index contributed by atoms with van der Waals surface area (Å²) in [6, 6.07) is 24.3. The highest BCUT2D eigenvalue weighted by Crippen LogP contribution is 2.26. The predicted molar refractivity (Wildman–Crippen MR) is 121 cm³/mol. The van der Waals surface area contributed by atoms with Crippen LogP contribution >= 0.6 is 27.7 Å².